The SMILES string of the molecule is CCOC1CC(NC(CC(C)C)C(=O)OC)C1(C)CC. The van der Waals surface area contributed by atoms with Crippen LogP contribution in [0.5, 0.6) is 0 Å². The lowest BCUT2D eigenvalue weighted by molar-refractivity contribution is -0.150. The van der Waals surface area contributed by atoms with Gasteiger partial charge in [-0.3, -0.25) is 4.79 Å². The van der Waals surface area contributed by atoms with Crippen LogP contribution in [0.3, 0.4) is 0 Å². The van der Waals surface area contributed by atoms with Gasteiger partial charge in [0.2, 0.25) is 0 Å². The number of esters is 1. The van der Waals surface area contributed by atoms with Crippen molar-refractivity contribution in [1.82, 2.24) is 5.32 Å². The van der Waals surface area contributed by atoms with Crippen LogP contribution in [0.2, 0.25) is 0 Å². The van der Waals surface area contributed by atoms with Crippen LogP contribution in [-0.4, -0.2) is 37.9 Å². The summed E-state index contributed by atoms with van der Waals surface area (Å²) in [6, 6.07) is 0.116. The number of hydrogen-bond donors (Lipinski definition) is 1. The van der Waals surface area contributed by atoms with Crippen LogP contribution in [0.1, 0.15) is 53.9 Å². The minimum Gasteiger partial charge on any atom is -0.468 e. The molecular formula is C16H31NO3. The van der Waals surface area contributed by atoms with E-state index in [2.05, 4.69) is 33.0 Å². The Morgan fingerprint density at radius 3 is 2.50 bits per heavy atom. The predicted molar refractivity (Wildman–Crippen MR) is 80.6 cm³/mol. The first kappa shape index (κ1) is 17.4. The normalized spacial score (nSPS) is 30.9. The summed E-state index contributed by atoms with van der Waals surface area (Å²) in [6.45, 7) is 11.5. The van der Waals surface area contributed by atoms with Crippen LogP contribution in [-0.2, 0) is 14.3 Å². The number of nitrogens with one attached hydrogen (secondary N) is 1. The van der Waals surface area contributed by atoms with Gasteiger partial charge < -0.3 is 14.8 Å². The molecule has 1 aliphatic rings. The van der Waals surface area contributed by atoms with Gasteiger partial charge in [-0.05, 0) is 32.1 Å². The maximum atomic E-state index is 11.9. The molecule has 0 aliphatic heterocycles. The Morgan fingerprint density at radius 2 is 2.05 bits per heavy atom. The van der Waals surface area contributed by atoms with Crippen molar-refractivity contribution >= 4 is 5.97 Å². The first-order valence-corrected chi connectivity index (χ1v) is 7.84. The molecule has 0 aromatic rings. The molecule has 1 N–H and O–H groups in total. The molecule has 118 valence electrons. The zero-order valence-corrected chi connectivity index (χ0v) is 13.9. The minimum absolute atomic E-state index is 0.110. The van der Waals surface area contributed by atoms with Gasteiger partial charge in [-0.2, -0.15) is 0 Å². The molecule has 4 atom stereocenters. The average Bonchev–Trinajstić information content (AvgIpc) is 2.42. The van der Waals surface area contributed by atoms with E-state index in [0.717, 1.165) is 25.9 Å². The van der Waals surface area contributed by atoms with Gasteiger partial charge in [-0.25, -0.2) is 0 Å². The van der Waals surface area contributed by atoms with E-state index in [0.29, 0.717) is 18.1 Å². The quantitative estimate of drug-likeness (QED) is 0.697. The zero-order chi connectivity index (χ0) is 15.3. The highest BCUT2D eigenvalue weighted by atomic mass is 16.5. The fourth-order valence-electron chi connectivity index (χ4n) is 3.10. The van der Waals surface area contributed by atoms with Crippen molar-refractivity contribution in [3.8, 4) is 0 Å². The first-order chi connectivity index (χ1) is 9.38. The molecule has 0 spiro atoms. The van der Waals surface area contributed by atoms with Crippen molar-refractivity contribution < 1.29 is 14.3 Å². The molecule has 4 heteroatoms. The molecule has 0 radical (unpaired) electrons. The Balaban J connectivity index is 2.67. The van der Waals surface area contributed by atoms with Crippen molar-refractivity contribution in [2.75, 3.05) is 13.7 Å². The third-order valence-electron chi connectivity index (χ3n) is 4.71. The Morgan fingerprint density at radius 1 is 1.40 bits per heavy atom. The van der Waals surface area contributed by atoms with Crippen LogP contribution >= 0.6 is 0 Å². The van der Waals surface area contributed by atoms with Crippen LogP contribution < -0.4 is 5.32 Å². The zero-order valence-electron chi connectivity index (χ0n) is 13.9. The molecular weight excluding hydrogens is 254 g/mol. The van der Waals surface area contributed by atoms with Gasteiger partial charge in [0, 0.05) is 18.1 Å². The number of hydrogen-bond acceptors (Lipinski definition) is 4. The summed E-state index contributed by atoms with van der Waals surface area (Å²) in [4.78, 5) is 11.9. The van der Waals surface area contributed by atoms with Gasteiger partial charge in [-0.15, -0.1) is 0 Å². The second-order valence-corrected chi connectivity index (χ2v) is 6.46. The molecule has 1 fully saturated rings. The second-order valence-electron chi connectivity index (χ2n) is 6.46. The number of methoxy groups -OCH3 is 1. The maximum absolute atomic E-state index is 11.9. The summed E-state index contributed by atoms with van der Waals surface area (Å²) >= 11 is 0. The highest BCUT2D eigenvalue weighted by molar-refractivity contribution is 5.75. The van der Waals surface area contributed by atoms with E-state index in [-0.39, 0.29) is 17.4 Å². The molecule has 1 aliphatic carbocycles. The van der Waals surface area contributed by atoms with Gasteiger partial charge in [0.1, 0.15) is 6.04 Å². The summed E-state index contributed by atoms with van der Waals surface area (Å²) in [7, 11) is 1.46. The van der Waals surface area contributed by atoms with Crippen molar-refractivity contribution in [2.45, 2.75) is 72.1 Å². The fourth-order valence-corrected chi connectivity index (χ4v) is 3.10. The fraction of sp³-hybridized carbons (Fsp3) is 0.938. The number of carbonyl (C=O) groups is 1. The van der Waals surface area contributed by atoms with Gasteiger partial charge in [0.15, 0.2) is 0 Å². The number of carbonyl (C=O) groups excluding carboxylic acids is 1. The van der Waals surface area contributed by atoms with E-state index in [1.54, 1.807) is 0 Å². The lowest BCUT2D eigenvalue weighted by Crippen LogP contribution is -2.65. The van der Waals surface area contributed by atoms with Crippen LogP contribution in [0.25, 0.3) is 0 Å². The highest BCUT2D eigenvalue weighted by Crippen LogP contribution is 2.46. The average molecular weight is 285 g/mol. The van der Waals surface area contributed by atoms with Crippen molar-refractivity contribution in [3.63, 3.8) is 0 Å². The molecule has 20 heavy (non-hydrogen) atoms. The molecule has 1 saturated carbocycles. The summed E-state index contributed by atoms with van der Waals surface area (Å²) in [6.07, 6.45) is 3.13. The third-order valence-corrected chi connectivity index (χ3v) is 4.71. The summed E-state index contributed by atoms with van der Waals surface area (Å²) < 4.78 is 10.7. The van der Waals surface area contributed by atoms with E-state index in [1.165, 1.54) is 7.11 Å². The van der Waals surface area contributed by atoms with Crippen LogP contribution in [0.4, 0.5) is 0 Å². The molecule has 4 unspecified atom stereocenters. The van der Waals surface area contributed by atoms with Gasteiger partial charge in [-0.1, -0.05) is 27.7 Å². The second kappa shape index (κ2) is 7.41. The Bertz CT molecular complexity index is 319. The highest BCUT2D eigenvalue weighted by Gasteiger charge is 2.51. The van der Waals surface area contributed by atoms with Crippen LogP contribution in [0.15, 0.2) is 0 Å². The summed E-state index contributed by atoms with van der Waals surface area (Å²) in [5.74, 6) is 0.305. The van der Waals surface area contributed by atoms with Gasteiger partial charge >= 0.3 is 5.97 Å². The lowest BCUT2D eigenvalue weighted by Gasteiger charge is -2.54. The molecule has 0 bridgehead atoms. The van der Waals surface area contributed by atoms with E-state index in [4.69, 9.17) is 9.47 Å². The Labute approximate surface area is 123 Å². The Hall–Kier alpha value is -0.610. The minimum atomic E-state index is -0.210. The lowest BCUT2D eigenvalue weighted by atomic mass is 9.61. The maximum Gasteiger partial charge on any atom is 0.322 e. The van der Waals surface area contributed by atoms with E-state index < -0.39 is 0 Å². The van der Waals surface area contributed by atoms with E-state index in [1.807, 2.05) is 6.92 Å². The van der Waals surface area contributed by atoms with Gasteiger partial charge in [0.25, 0.3) is 0 Å². The standard InChI is InChI=1S/C16H31NO3/c1-7-16(5)13(10-14(16)20-8-2)17-12(9-11(3)4)15(18)19-6/h11-14,17H,7-10H2,1-6H3. The van der Waals surface area contributed by atoms with Crippen LogP contribution in [0, 0.1) is 11.3 Å². The molecule has 0 heterocycles. The molecule has 0 aromatic heterocycles. The molecule has 0 aromatic carbocycles. The predicted octanol–water partition coefficient (Wildman–Crippen LogP) is 2.76. The first-order valence-electron chi connectivity index (χ1n) is 7.84. The van der Waals surface area contributed by atoms with Crippen molar-refractivity contribution in [2.24, 2.45) is 11.3 Å². The van der Waals surface area contributed by atoms with E-state index in [9.17, 15) is 4.79 Å². The third kappa shape index (κ3) is 3.73. The van der Waals surface area contributed by atoms with E-state index >= 15 is 0 Å². The van der Waals surface area contributed by atoms with Gasteiger partial charge in [0.05, 0.1) is 13.2 Å². The smallest absolute Gasteiger partial charge is 0.322 e. The molecule has 1 rings (SSSR count). The molecule has 0 saturated heterocycles. The largest absolute Gasteiger partial charge is 0.468 e. The summed E-state index contributed by atoms with van der Waals surface area (Å²) in [5.41, 5.74) is 0.110. The molecule has 0 amide bonds. The number of rotatable bonds is 8. The topological polar surface area (TPSA) is 47.6 Å². The van der Waals surface area contributed by atoms with Crippen molar-refractivity contribution in [3.05, 3.63) is 0 Å². The summed E-state index contributed by atoms with van der Waals surface area (Å²) in [5, 5.41) is 3.51. The number of ether oxygens (including phenoxy) is 2. The monoisotopic (exact) mass is 285 g/mol. The van der Waals surface area contributed by atoms with Crippen molar-refractivity contribution in [1.29, 1.82) is 0 Å². The molecule has 4 nitrogen and oxygen atoms in total. The Kier molecular flexibility index (Phi) is 6.46.